The Morgan fingerprint density at radius 2 is 2.00 bits per heavy atom. The Balaban J connectivity index is 2.22. The molecule has 0 atom stereocenters. The number of amides is 1. The molecule has 8 heteroatoms. The number of carbonyl (C=O) groups excluding carboxylic acids is 1. The van der Waals surface area contributed by atoms with Gasteiger partial charge in [0.2, 0.25) is 0 Å². The molecule has 0 bridgehead atoms. The van der Waals surface area contributed by atoms with Gasteiger partial charge >= 0.3 is 6.18 Å². The third-order valence-electron chi connectivity index (χ3n) is 2.49. The molecule has 0 unspecified atom stereocenters. The van der Waals surface area contributed by atoms with Crippen LogP contribution in [-0.4, -0.2) is 10.9 Å². The number of carbonyl (C=O) groups is 1. The summed E-state index contributed by atoms with van der Waals surface area (Å²) >= 11 is 7.76. The van der Waals surface area contributed by atoms with Crippen LogP contribution in [0.1, 0.15) is 15.9 Å². The predicted octanol–water partition coefficient (Wildman–Crippen LogP) is 4.61. The zero-order valence-electron chi connectivity index (χ0n) is 10.2. The largest absolute Gasteiger partial charge is 0.417 e. The van der Waals surface area contributed by atoms with Crippen molar-refractivity contribution < 1.29 is 18.0 Å². The van der Waals surface area contributed by atoms with Gasteiger partial charge in [-0.3, -0.25) is 4.79 Å². The van der Waals surface area contributed by atoms with E-state index in [4.69, 9.17) is 11.6 Å². The molecule has 0 saturated heterocycles. The van der Waals surface area contributed by atoms with Gasteiger partial charge < -0.3 is 5.32 Å². The molecule has 1 amide bonds. The average molecular weight is 427 g/mol. The highest BCUT2D eigenvalue weighted by Crippen LogP contribution is 2.32. The van der Waals surface area contributed by atoms with Crippen LogP contribution in [-0.2, 0) is 6.18 Å². The number of pyridine rings is 1. The van der Waals surface area contributed by atoms with E-state index in [0.29, 0.717) is 11.8 Å². The maximum absolute atomic E-state index is 12.5. The van der Waals surface area contributed by atoms with Crippen LogP contribution in [0, 0.1) is 3.57 Å². The van der Waals surface area contributed by atoms with Crippen molar-refractivity contribution in [1.29, 1.82) is 0 Å². The van der Waals surface area contributed by atoms with E-state index in [1.54, 1.807) is 24.3 Å². The molecule has 0 aliphatic carbocycles. The Morgan fingerprint density at radius 3 is 2.57 bits per heavy atom. The Labute approximate surface area is 136 Å². The van der Waals surface area contributed by atoms with Crippen LogP contribution in [0.2, 0.25) is 5.02 Å². The fourth-order valence-electron chi connectivity index (χ4n) is 1.49. The highest BCUT2D eigenvalue weighted by Gasteiger charge is 2.31. The lowest BCUT2D eigenvalue weighted by Gasteiger charge is -2.10. The molecule has 110 valence electrons. The van der Waals surface area contributed by atoms with Gasteiger partial charge in [-0.25, -0.2) is 4.98 Å². The molecule has 2 aromatic rings. The number of benzene rings is 1. The molecular weight excluding hydrogens is 420 g/mol. The molecular formula is C13H7ClF3IN2O. The Bertz CT molecular complexity index is 691. The normalized spacial score (nSPS) is 11.3. The van der Waals surface area contributed by atoms with Crippen LogP contribution in [0.5, 0.6) is 0 Å². The molecule has 21 heavy (non-hydrogen) atoms. The van der Waals surface area contributed by atoms with E-state index < -0.39 is 17.6 Å². The minimum atomic E-state index is -4.53. The van der Waals surface area contributed by atoms with Gasteiger partial charge in [-0.15, -0.1) is 0 Å². The number of alkyl halides is 3. The second kappa shape index (κ2) is 6.18. The molecule has 1 aromatic carbocycles. The summed E-state index contributed by atoms with van der Waals surface area (Å²) in [6.07, 6.45) is -3.91. The van der Waals surface area contributed by atoms with Gasteiger partial charge in [0.15, 0.2) is 5.82 Å². The number of anilines is 1. The summed E-state index contributed by atoms with van der Waals surface area (Å²) in [5, 5.41) is 2.11. The van der Waals surface area contributed by atoms with Crippen molar-refractivity contribution in [2.75, 3.05) is 5.32 Å². The SMILES string of the molecule is O=C(Nc1ncc(C(F)(F)F)cc1Cl)c1cccc(I)c1. The fraction of sp³-hybridized carbons (Fsp3) is 0.0769. The van der Waals surface area contributed by atoms with Gasteiger partial charge in [-0.05, 0) is 46.9 Å². The van der Waals surface area contributed by atoms with Crippen LogP contribution >= 0.6 is 34.2 Å². The van der Waals surface area contributed by atoms with E-state index in [1.807, 2.05) is 22.6 Å². The highest BCUT2D eigenvalue weighted by molar-refractivity contribution is 14.1. The Kier molecular flexibility index (Phi) is 4.72. The molecule has 0 fully saturated rings. The summed E-state index contributed by atoms with van der Waals surface area (Å²) in [6.45, 7) is 0. The lowest BCUT2D eigenvalue weighted by atomic mass is 10.2. The second-order valence-electron chi connectivity index (χ2n) is 4.02. The zero-order valence-corrected chi connectivity index (χ0v) is 13.1. The van der Waals surface area contributed by atoms with Crippen LogP contribution in [0.3, 0.4) is 0 Å². The van der Waals surface area contributed by atoms with E-state index in [-0.39, 0.29) is 10.8 Å². The summed E-state index contributed by atoms with van der Waals surface area (Å²) in [7, 11) is 0. The average Bonchev–Trinajstić information content (AvgIpc) is 2.39. The standard InChI is InChI=1S/C13H7ClF3IN2O/c14-10-5-8(13(15,16)17)6-19-11(10)20-12(21)7-2-1-3-9(18)4-7/h1-6H,(H,19,20,21). The molecule has 0 saturated carbocycles. The number of halogens is 5. The molecule has 0 radical (unpaired) electrons. The number of nitrogens with one attached hydrogen (secondary N) is 1. The van der Waals surface area contributed by atoms with Crippen molar-refractivity contribution in [3.63, 3.8) is 0 Å². The van der Waals surface area contributed by atoms with Crippen LogP contribution in [0.15, 0.2) is 36.5 Å². The summed E-state index contributed by atoms with van der Waals surface area (Å²) in [5.41, 5.74) is -0.612. The van der Waals surface area contributed by atoms with Crippen molar-refractivity contribution in [3.8, 4) is 0 Å². The first-order valence-electron chi connectivity index (χ1n) is 5.57. The zero-order chi connectivity index (χ0) is 15.6. The molecule has 0 aliphatic heterocycles. The number of nitrogens with zero attached hydrogens (tertiary/aromatic N) is 1. The van der Waals surface area contributed by atoms with Crippen LogP contribution in [0.4, 0.5) is 19.0 Å². The van der Waals surface area contributed by atoms with Crippen molar-refractivity contribution in [2.24, 2.45) is 0 Å². The number of hydrogen-bond donors (Lipinski definition) is 1. The molecule has 1 N–H and O–H groups in total. The van der Waals surface area contributed by atoms with E-state index in [2.05, 4.69) is 10.3 Å². The number of hydrogen-bond acceptors (Lipinski definition) is 2. The quantitative estimate of drug-likeness (QED) is 0.713. The van der Waals surface area contributed by atoms with E-state index in [9.17, 15) is 18.0 Å². The van der Waals surface area contributed by atoms with Crippen molar-refractivity contribution in [1.82, 2.24) is 4.98 Å². The van der Waals surface area contributed by atoms with Gasteiger partial charge in [0.25, 0.3) is 5.91 Å². The lowest BCUT2D eigenvalue weighted by molar-refractivity contribution is -0.137. The Morgan fingerprint density at radius 1 is 1.29 bits per heavy atom. The van der Waals surface area contributed by atoms with Gasteiger partial charge in [0.1, 0.15) is 0 Å². The first kappa shape index (κ1) is 16.0. The molecule has 2 rings (SSSR count). The van der Waals surface area contributed by atoms with Gasteiger partial charge in [0.05, 0.1) is 10.6 Å². The van der Waals surface area contributed by atoms with Gasteiger partial charge in [-0.2, -0.15) is 13.2 Å². The third-order valence-corrected chi connectivity index (χ3v) is 3.45. The van der Waals surface area contributed by atoms with Crippen LogP contribution in [0.25, 0.3) is 0 Å². The minimum Gasteiger partial charge on any atom is -0.305 e. The summed E-state index contributed by atoms with van der Waals surface area (Å²) < 4.78 is 38.3. The predicted molar refractivity (Wildman–Crippen MR) is 81.4 cm³/mol. The van der Waals surface area contributed by atoms with Crippen LogP contribution < -0.4 is 5.32 Å². The molecule has 0 aliphatic rings. The first-order chi connectivity index (χ1) is 9.77. The van der Waals surface area contributed by atoms with Gasteiger partial charge in [-0.1, -0.05) is 17.7 Å². The fourth-order valence-corrected chi connectivity index (χ4v) is 2.25. The number of rotatable bonds is 2. The lowest BCUT2D eigenvalue weighted by Crippen LogP contribution is -2.14. The summed E-state index contributed by atoms with van der Waals surface area (Å²) in [4.78, 5) is 15.5. The van der Waals surface area contributed by atoms with Crippen molar-refractivity contribution in [2.45, 2.75) is 6.18 Å². The summed E-state index contributed by atoms with van der Waals surface area (Å²) in [6, 6.07) is 7.43. The summed E-state index contributed by atoms with van der Waals surface area (Å²) in [5.74, 6) is -0.615. The third kappa shape index (κ3) is 4.07. The molecule has 3 nitrogen and oxygen atoms in total. The maximum Gasteiger partial charge on any atom is 0.417 e. The molecule has 1 heterocycles. The molecule has 0 spiro atoms. The highest BCUT2D eigenvalue weighted by atomic mass is 127. The van der Waals surface area contributed by atoms with E-state index in [0.717, 1.165) is 9.64 Å². The minimum absolute atomic E-state index is 0.117. The monoisotopic (exact) mass is 426 g/mol. The van der Waals surface area contributed by atoms with E-state index in [1.165, 1.54) is 0 Å². The smallest absolute Gasteiger partial charge is 0.305 e. The topological polar surface area (TPSA) is 42.0 Å². The first-order valence-corrected chi connectivity index (χ1v) is 7.02. The van der Waals surface area contributed by atoms with E-state index >= 15 is 0 Å². The van der Waals surface area contributed by atoms with Crippen molar-refractivity contribution in [3.05, 3.63) is 56.2 Å². The Hall–Kier alpha value is -1.35. The number of aromatic nitrogens is 1. The second-order valence-corrected chi connectivity index (χ2v) is 5.67. The van der Waals surface area contributed by atoms with Gasteiger partial charge in [0, 0.05) is 15.3 Å². The molecule has 1 aromatic heterocycles. The van der Waals surface area contributed by atoms with Crippen molar-refractivity contribution >= 4 is 45.9 Å². The maximum atomic E-state index is 12.5.